The fourth-order valence-electron chi connectivity index (χ4n) is 3.19. The van der Waals surface area contributed by atoms with E-state index in [9.17, 15) is 4.79 Å². The zero-order valence-electron chi connectivity index (χ0n) is 15.6. The molecule has 7 nitrogen and oxygen atoms in total. The number of nitrogens with one attached hydrogen (secondary N) is 2. The molecule has 2 aliphatic heterocycles. The van der Waals surface area contributed by atoms with Gasteiger partial charge in [-0.1, -0.05) is 0 Å². The molecule has 0 aromatic rings. The van der Waals surface area contributed by atoms with Crippen molar-refractivity contribution in [3.8, 4) is 0 Å². The Balaban J connectivity index is 1.77. The van der Waals surface area contributed by atoms with Crippen molar-refractivity contribution in [2.75, 3.05) is 66.0 Å². The Hall–Kier alpha value is -1.34. The number of likely N-dealkylation sites (tertiary alicyclic amines) is 1. The van der Waals surface area contributed by atoms with Crippen LogP contribution in [0.15, 0.2) is 4.99 Å². The number of aliphatic imine (C=N–C) groups is 1. The summed E-state index contributed by atoms with van der Waals surface area (Å²) in [5.74, 6) is 0.878. The first-order valence-electron chi connectivity index (χ1n) is 9.32. The molecule has 2 heterocycles. The summed E-state index contributed by atoms with van der Waals surface area (Å²) in [5.41, 5.74) is 0. The SMILES string of the molecule is CCNC(=NCC(=O)N1CCCC1)NCC(C)N1CCN(C)CC1. The van der Waals surface area contributed by atoms with Gasteiger partial charge in [-0.05, 0) is 33.7 Å². The first kappa shape index (κ1) is 19.0. The fraction of sp³-hybridized carbons (Fsp3) is 0.882. The van der Waals surface area contributed by atoms with E-state index in [0.29, 0.717) is 6.04 Å². The maximum Gasteiger partial charge on any atom is 0.244 e. The number of piperazine rings is 1. The highest BCUT2D eigenvalue weighted by molar-refractivity contribution is 5.85. The number of rotatable bonds is 6. The molecule has 2 rings (SSSR count). The zero-order chi connectivity index (χ0) is 17.4. The minimum Gasteiger partial charge on any atom is -0.357 e. The van der Waals surface area contributed by atoms with E-state index in [2.05, 4.69) is 39.4 Å². The summed E-state index contributed by atoms with van der Waals surface area (Å²) in [6.45, 7) is 12.4. The number of carbonyl (C=O) groups is 1. The zero-order valence-corrected chi connectivity index (χ0v) is 15.6. The number of carbonyl (C=O) groups excluding carboxylic acids is 1. The predicted octanol–water partition coefficient (Wildman–Crippen LogP) is -0.200. The Bertz CT molecular complexity index is 413. The van der Waals surface area contributed by atoms with Crippen molar-refractivity contribution in [3.63, 3.8) is 0 Å². The maximum atomic E-state index is 12.1. The van der Waals surface area contributed by atoms with Gasteiger partial charge in [0.2, 0.25) is 5.91 Å². The highest BCUT2D eigenvalue weighted by Gasteiger charge is 2.20. The Morgan fingerprint density at radius 2 is 1.75 bits per heavy atom. The van der Waals surface area contributed by atoms with Crippen molar-refractivity contribution in [1.82, 2.24) is 25.3 Å². The molecular formula is C17H34N6O. The highest BCUT2D eigenvalue weighted by Crippen LogP contribution is 2.07. The molecule has 0 spiro atoms. The molecule has 24 heavy (non-hydrogen) atoms. The van der Waals surface area contributed by atoms with Gasteiger partial charge in [0.1, 0.15) is 6.54 Å². The van der Waals surface area contributed by atoms with Crippen LogP contribution in [0.4, 0.5) is 0 Å². The molecule has 0 bridgehead atoms. The smallest absolute Gasteiger partial charge is 0.244 e. The van der Waals surface area contributed by atoms with Crippen LogP contribution in [0.5, 0.6) is 0 Å². The first-order chi connectivity index (χ1) is 11.6. The van der Waals surface area contributed by atoms with E-state index < -0.39 is 0 Å². The van der Waals surface area contributed by atoms with Crippen LogP contribution in [0.25, 0.3) is 0 Å². The molecule has 1 unspecified atom stereocenters. The average molecular weight is 339 g/mol. The lowest BCUT2D eigenvalue weighted by Gasteiger charge is -2.36. The van der Waals surface area contributed by atoms with Gasteiger partial charge in [-0.15, -0.1) is 0 Å². The third-order valence-electron chi connectivity index (χ3n) is 4.90. The van der Waals surface area contributed by atoms with Gasteiger partial charge in [0.25, 0.3) is 0 Å². The van der Waals surface area contributed by atoms with Crippen LogP contribution in [-0.2, 0) is 4.79 Å². The van der Waals surface area contributed by atoms with Crippen molar-refractivity contribution in [2.45, 2.75) is 32.7 Å². The molecule has 0 aromatic carbocycles. The number of amides is 1. The van der Waals surface area contributed by atoms with Gasteiger partial charge in [-0.25, -0.2) is 4.99 Å². The number of guanidine groups is 1. The summed E-state index contributed by atoms with van der Waals surface area (Å²) in [5, 5.41) is 6.62. The summed E-state index contributed by atoms with van der Waals surface area (Å²) < 4.78 is 0. The second-order valence-corrected chi connectivity index (χ2v) is 6.85. The quantitative estimate of drug-likeness (QED) is 0.519. The van der Waals surface area contributed by atoms with Gasteiger partial charge in [-0.2, -0.15) is 0 Å². The van der Waals surface area contributed by atoms with Crippen LogP contribution in [0.1, 0.15) is 26.7 Å². The molecular weight excluding hydrogens is 304 g/mol. The van der Waals surface area contributed by atoms with Gasteiger partial charge in [-0.3, -0.25) is 9.69 Å². The highest BCUT2D eigenvalue weighted by atomic mass is 16.2. The van der Waals surface area contributed by atoms with Gasteiger partial charge < -0.3 is 20.4 Å². The summed E-state index contributed by atoms with van der Waals surface area (Å²) in [6.07, 6.45) is 2.24. The van der Waals surface area contributed by atoms with Gasteiger partial charge in [0.15, 0.2) is 5.96 Å². The number of hydrogen-bond donors (Lipinski definition) is 2. The second-order valence-electron chi connectivity index (χ2n) is 6.85. The fourth-order valence-corrected chi connectivity index (χ4v) is 3.19. The molecule has 0 saturated carbocycles. The molecule has 138 valence electrons. The van der Waals surface area contributed by atoms with Crippen LogP contribution >= 0.6 is 0 Å². The van der Waals surface area contributed by atoms with Crippen molar-refractivity contribution in [3.05, 3.63) is 0 Å². The summed E-state index contributed by atoms with van der Waals surface area (Å²) >= 11 is 0. The van der Waals surface area contributed by atoms with Crippen LogP contribution in [0.3, 0.4) is 0 Å². The van der Waals surface area contributed by atoms with E-state index in [0.717, 1.165) is 71.2 Å². The van der Waals surface area contributed by atoms with E-state index in [1.807, 2.05) is 11.8 Å². The van der Waals surface area contributed by atoms with E-state index in [4.69, 9.17) is 0 Å². The molecule has 7 heteroatoms. The molecule has 2 aliphatic rings. The van der Waals surface area contributed by atoms with E-state index in [-0.39, 0.29) is 12.5 Å². The molecule has 0 aromatic heterocycles. The molecule has 2 N–H and O–H groups in total. The Kier molecular flexibility index (Phi) is 7.78. The normalized spacial score (nSPS) is 21.8. The molecule has 0 aliphatic carbocycles. The van der Waals surface area contributed by atoms with Crippen molar-refractivity contribution in [1.29, 1.82) is 0 Å². The van der Waals surface area contributed by atoms with Crippen LogP contribution in [-0.4, -0.2) is 98.6 Å². The summed E-state index contributed by atoms with van der Waals surface area (Å²) in [6, 6.07) is 0.455. The minimum absolute atomic E-state index is 0.136. The third kappa shape index (κ3) is 5.94. The molecule has 2 saturated heterocycles. The third-order valence-corrected chi connectivity index (χ3v) is 4.90. The Morgan fingerprint density at radius 3 is 2.38 bits per heavy atom. The monoisotopic (exact) mass is 338 g/mol. The molecule has 2 fully saturated rings. The molecule has 1 amide bonds. The van der Waals surface area contributed by atoms with E-state index in [1.54, 1.807) is 0 Å². The lowest BCUT2D eigenvalue weighted by molar-refractivity contribution is -0.128. The lowest BCUT2D eigenvalue weighted by atomic mass is 10.2. The maximum absolute atomic E-state index is 12.1. The number of hydrogen-bond acceptors (Lipinski definition) is 4. The lowest BCUT2D eigenvalue weighted by Crippen LogP contribution is -2.52. The van der Waals surface area contributed by atoms with E-state index >= 15 is 0 Å². The topological polar surface area (TPSA) is 63.2 Å². The number of nitrogens with zero attached hydrogens (tertiary/aromatic N) is 4. The summed E-state index contributed by atoms with van der Waals surface area (Å²) in [7, 11) is 2.17. The van der Waals surface area contributed by atoms with E-state index in [1.165, 1.54) is 0 Å². The number of likely N-dealkylation sites (N-methyl/N-ethyl adjacent to an activating group) is 1. The van der Waals surface area contributed by atoms with Gasteiger partial charge >= 0.3 is 0 Å². The molecule has 1 atom stereocenters. The largest absolute Gasteiger partial charge is 0.357 e. The molecule has 0 radical (unpaired) electrons. The second kappa shape index (κ2) is 9.84. The van der Waals surface area contributed by atoms with Crippen LogP contribution in [0, 0.1) is 0 Å². The standard InChI is InChI=1S/C17H34N6O/c1-4-18-17(20-14-16(24)23-7-5-6-8-23)19-13-15(2)22-11-9-21(3)10-12-22/h15H,4-14H2,1-3H3,(H2,18,19,20). The first-order valence-corrected chi connectivity index (χ1v) is 9.32. The van der Waals surface area contributed by atoms with Crippen molar-refractivity contribution in [2.24, 2.45) is 4.99 Å². The minimum atomic E-state index is 0.136. The van der Waals surface area contributed by atoms with Crippen molar-refractivity contribution < 1.29 is 4.79 Å². The predicted molar refractivity (Wildman–Crippen MR) is 98.3 cm³/mol. The van der Waals surface area contributed by atoms with Gasteiger partial charge in [0, 0.05) is 58.4 Å². The van der Waals surface area contributed by atoms with Crippen LogP contribution < -0.4 is 10.6 Å². The van der Waals surface area contributed by atoms with Crippen molar-refractivity contribution >= 4 is 11.9 Å². The Morgan fingerprint density at radius 1 is 1.08 bits per heavy atom. The Labute approximate surface area is 146 Å². The average Bonchev–Trinajstić information content (AvgIpc) is 3.12. The summed E-state index contributed by atoms with van der Waals surface area (Å²) in [4.78, 5) is 23.4. The van der Waals surface area contributed by atoms with Crippen LogP contribution in [0.2, 0.25) is 0 Å². The van der Waals surface area contributed by atoms with Gasteiger partial charge in [0.05, 0.1) is 0 Å².